The predicted octanol–water partition coefficient (Wildman–Crippen LogP) is 2.64. The van der Waals surface area contributed by atoms with E-state index < -0.39 is 23.9 Å². The number of carboxylic acids is 1. The molecule has 142 valence electrons. The van der Waals surface area contributed by atoms with Crippen LogP contribution in [0.5, 0.6) is 0 Å². The average Bonchev–Trinajstić information content (AvgIpc) is 3.17. The van der Waals surface area contributed by atoms with Gasteiger partial charge in [0.25, 0.3) is 0 Å². The normalized spacial score (nSPS) is 17.7. The number of benzene rings is 2. The summed E-state index contributed by atoms with van der Waals surface area (Å²) in [4.78, 5) is 37.8. The molecule has 6 nitrogen and oxygen atoms in total. The van der Waals surface area contributed by atoms with Crippen molar-refractivity contribution in [3.05, 3.63) is 48.0 Å². The molecule has 0 aromatic heterocycles. The Hall–Kier alpha value is -2.89. The minimum atomic E-state index is -1.01. The summed E-state index contributed by atoms with van der Waals surface area (Å²) >= 11 is 0. The van der Waals surface area contributed by atoms with Crippen molar-refractivity contribution in [3.8, 4) is 0 Å². The van der Waals surface area contributed by atoms with E-state index in [1.54, 1.807) is 0 Å². The van der Waals surface area contributed by atoms with Crippen LogP contribution in [0.4, 0.5) is 0 Å². The number of rotatable bonds is 6. The highest BCUT2D eigenvalue weighted by molar-refractivity contribution is 5.89. The molecule has 1 fully saturated rings. The maximum atomic E-state index is 12.7. The third kappa shape index (κ3) is 4.10. The zero-order chi connectivity index (χ0) is 19.4. The lowest BCUT2D eigenvalue weighted by Gasteiger charge is -2.24. The second-order valence-electron chi connectivity index (χ2n) is 6.85. The minimum Gasteiger partial charge on any atom is -0.481 e. The van der Waals surface area contributed by atoms with Crippen molar-refractivity contribution in [3.63, 3.8) is 0 Å². The van der Waals surface area contributed by atoms with E-state index in [4.69, 9.17) is 4.74 Å². The Morgan fingerprint density at radius 1 is 1.19 bits per heavy atom. The van der Waals surface area contributed by atoms with Gasteiger partial charge in [-0.05, 0) is 35.6 Å². The van der Waals surface area contributed by atoms with Crippen LogP contribution >= 0.6 is 0 Å². The molecule has 0 radical (unpaired) electrons. The number of hydrogen-bond acceptors (Lipinski definition) is 4. The first-order valence-electron chi connectivity index (χ1n) is 9.08. The molecular weight excluding hydrogens is 346 g/mol. The lowest BCUT2D eigenvalue weighted by atomic mass is 9.92. The molecular formula is C21H23NO5. The second-order valence-corrected chi connectivity index (χ2v) is 6.85. The van der Waals surface area contributed by atoms with Crippen molar-refractivity contribution in [2.24, 2.45) is 5.92 Å². The molecule has 0 bridgehead atoms. The summed E-state index contributed by atoms with van der Waals surface area (Å²) in [6.45, 7) is 0.458. The maximum Gasteiger partial charge on any atom is 0.328 e. The highest BCUT2D eigenvalue weighted by Gasteiger charge is 2.36. The fourth-order valence-corrected chi connectivity index (χ4v) is 3.76. The SMILES string of the molecule is COC(=O)[C@H]1CCCN1C(=O)CC(Cc1cccc2ccccc12)C(=O)O. The molecule has 0 spiro atoms. The van der Waals surface area contributed by atoms with Crippen molar-refractivity contribution >= 4 is 28.6 Å². The van der Waals surface area contributed by atoms with E-state index >= 15 is 0 Å². The van der Waals surface area contributed by atoms with Gasteiger partial charge in [-0.15, -0.1) is 0 Å². The number of carbonyl (C=O) groups is 3. The Labute approximate surface area is 157 Å². The number of likely N-dealkylation sites (tertiary alicyclic amines) is 1. The Morgan fingerprint density at radius 2 is 1.93 bits per heavy atom. The topological polar surface area (TPSA) is 83.9 Å². The van der Waals surface area contributed by atoms with Crippen LogP contribution in [0.2, 0.25) is 0 Å². The van der Waals surface area contributed by atoms with E-state index in [0.717, 1.165) is 16.3 Å². The Kier molecular flexibility index (Phi) is 5.74. The van der Waals surface area contributed by atoms with Gasteiger partial charge in [-0.1, -0.05) is 42.5 Å². The fraction of sp³-hybridized carbons (Fsp3) is 0.381. The van der Waals surface area contributed by atoms with Crippen molar-refractivity contribution in [1.29, 1.82) is 0 Å². The largest absolute Gasteiger partial charge is 0.481 e. The number of methoxy groups -OCH3 is 1. The van der Waals surface area contributed by atoms with Gasteiger partial charge in [-0.3, -0.25) is 9.59 Å². The lowest BCUT2D eigenvalue weighted by Crippen LogP contribution is -2.42. The smallest absolute Gasteiger partial charge is 0.328 e. The van der Waals surface area contributed by atoms with E-state index in [1.165, 1.54) is 12.0 Å². The summed E-state index contributed by atoms with van der Waals surface area (Å²) in [6.07, 6.45) is 1.40. The molecule has 1 aliphatic rings. The number of carbonyl (C=O) groups excluding carboxylic acids is 2. The first-order chi connectivity index (χ1) is 13.0. The molecule has 27 heavy (non-hydrogen) atoms. The van der Waals surface area contributed by atoms with Crippen LogP contribution in [0.3, 0.4) is 0 Å². The van der Waals surface area contributed by atoms with Crippen molar-refractivity contribution in [2.75, 3.05) is 13.7 Å². The summed E-state index contributed by atoms with van der Waals surface area (Å²) in [6, 6.07) is 13.0. The highest BCUT2D eigenvalue weighted by atomic mass is 16.5. The first kappa shape index (κ1) is 18.9. The van der Waals surface area contributed by atoms with Gasteiger partial charge < -0.3 is 14.7 Å². The Morgan fingerprint density at radius 3 is 2.67 bits per heavy atom. The molecule has 1 heterocycles. The third-order valence-electron chi connectivity index (χ3n) is 5.16. The predicted molar refractivity (Wildman–Crippen MR) is 100 cm³/mol. The second kappa shape index (κ2) is 8.20. The summed E-state index contributed by atoms with van der Waals surface area (Å²) in [5.74, 6) is -2.61. The van der Waals surface area contributed by atoms with E-state index in [9.17, 15) is 19.5 Å². The molecule has 1 amide bonds. The number of nitrogens with zero attached hydrogens (tertiary/aromatic N) is 1. The number of hydrogen-bond donors (Lipinski definition) is 1. The number of carboxylic acid groups (broad SMARTS) is 1. The number of fused-ring (bicyclic) bond motifs is 1. The molecule has 2 aromatic carbocycles. The number of amides is 1. The van der Waals surface area contributed by atoms with Gasteiger partial charge in [0.05, 0.1) is 13.0 Å². The fourth-order valence-electron chi connectivity index (χ4n) is 3.76. The monoisotopic (exact) mass is 369 g/mol. The number of esters is 1. The van der Waals surface area contributed by atoms with E-state index in [0.29, 0.717) is 19.4 Å². The van der Waals surface area contributed by atoms with Crippen LogP contribution in [0.1, 0.15) is 24.8 Å². The van der Waals surface area contributed by atoms with Gasteiger partial charge >= 0.3 is 11.9 Å². The van der Waals surface area contributed by atoms with Crippen LogP contribution in [0, 0.1) is 5.92 Å². The van der Waals surface area contributed by atoms with Crippen LogP contribution in [-0.2, 0) is 25.5 Å². The van der Waals surface area contributed by atoms with Gasteiger partial charge in [0.2, 0.25) is 5.91 Å². The molecule has 0 saturated carbocycles. The third-order valence-corrected chi connectivity index (χ3v) is 5.16. The Bertz CT molecular complexity index is 857. The molecule has 3 rings (SSSR count). The molecule has 1 saturated heterocycles. The van der Waals surface area contributed by atoms with Crippen LogP contribution in [-0.4, -0.2) is 47.5 Å². The standard InChI is InChI=1S/C21H23NO5/c1-27-21(26)18-10-5-11-22(18)19(23)13-16(20(24)25)12-15-8-4-7-14-6-2-3-9-17(14)15/h2-4,6-9,16,18H,5,10-13H2,1H3,(H,24,25)/t16?,18-/m1/s1. The quantitative estimate of drug-likeness (QED) is 0.792. The highest BCUT2D eigenvalue weighted by Crippen LogP contribution is 2.25. The summed E-state index contributed by atoms with van der Waals surface area (Å²) in [5, 5.41) is 11.7. The van der Waals surface area contributed by atoms with Crippen molar-refractivity contribution in [2.45, 2.75) is 31.7 Å². The zero-order valence-electron chi connectivity index (χ0n) is 15.3. The summed E-state index contributed by atoms with van der Waals surface area (Å²) in [7, 11) is 1.30. The number of ether oxygens (including phenoxy) is 1. The molecule has 0 aliphatic carbocycles. The maximum absolute atomic E-state index is 12.7. The van der Waals surface area contributed by atoms with Crippen molar-refractivity contribution < 1.29 is 24.2 Å². The van der Waals surface area contributed by atoms with Crippen LogP contribution < -0.4 is 0 Å². The van der Waals surface area contributed by atoms with E-state index in [1.807, 2.05) is 42.5 Å². The van der Waals surface area contributed by atoms with Crippen LogP contribution in [0.25, 0.3) is 10.8 Å². The molecule has 2 aromatic rings. The van der Waals surface area contributed by atoms with Gasteiger partial charge in [0.15, 0.2) is 0 Å². The molecule has 1 N–H and O–H groups in total. The molecule has 1 unspecified atom stereocenters. The van der Waals surface area contributed by atoms with E-state index in [-0.39, 0.29) is 18.7 Å². The number of aliphatic carboxylic acids is 1. The summed E-state index contributed by atoms with van der Waals surface area (Å²) < 4.78 is 4.76. The van der Waals surface area contributed by atoms with Crippen molar-refractivity contribution in [1.82, 2.24) is 4.90 Å². The van der Waals surface area contributed by atoms with Gasteiger partial charge in [-0.25, -0.2) is 4.79 Å². The first-order valence-corrected chi connectivity index (χ1v) is 9.08. The Balaban J connectivity index is 1.77. The molecule has 1 aliphatic heterocycles. The lowest BCUT2D eigenvalue weighted by molar-refractivity contribution is -0.152. The van der Waals surface area contributed by atoms with Gasteiger partial charge in [0.1, 0.15) is 6.04 Å². The molecule has 2 atom stereocenters. The minimum absolute atomic E-state index is 0.133. The molecule has 6 heteroatoms. The van der Waals surface area contributed by atoms with Gasteiger partial charge in [-0.2, -0.15) is 0 Å². The zero-order valence-corrected chi connectivity index (χ0v) is 15.3. The van der Waals surface area contributed by atoms with Gasteiger partial charge in [0, 0.05) is 13.0 Å². The van der Waals surface area contributed by atoms with E-state index in [2.05, 4.69) is 0 Å². The van der Waals surface area contributed by atoms with Crippen LogP contribution in [0.15, 0.2) is 42.5 Å². The average molecular weight is 369 g/mol. The summed E-state index contributed by atoms with van der Waals surface area (Å²) in [5.41, 5.74) is 0.902.